The summed E-state index contributed by atoms with van der Waals surface area (Å²) in [4.78, 5) is 32.8. The van der Waals surface area contributed by atoms with Gasteiger partial charge in [0, 0.05) is 29.3 Å². The third-order valence-corrected chi connectivity index (χ3v) is 8.40. The number of nitrogens with one attached hydrogen (secondary N) is 1. The van der Waals surface area contributed by atoms with Gasteiger partial charge in [0.2, 0.25) is 11.9 Å². The number of nitrogens with zero attached hydrogens (tertiary/aromatic N) is 4. The first-order chi connectivity index (χ1) is 21.9. The van der Waals surface area contributed by atoms with Crippen molar-refractivity contribution in [3.8, 4) is 28.0 Å². The monoisotopic (exact) mass is 605 g/mol. The van der Waals surface area contributed by atoms with Crippen LogP contribution in [-0.2, 0) is 9.53 Å². The maximum absolute atomic E-state index is 14.1. The third kappa shape index (κ3) is 5.48. The SMILES string of the molecule is CCOc1ccc(F)cc1-c1ccc2nc(NC(=O)[C@H](C)N(C(=O)OCC3c4ccccc4-c4ccccc43)C3CC3)nn2c1. The molecule has 1 atom stereocenters. The molecule has 9 nitrogen and oxygen atoms in total. The Labute approximate surface area is 259 Å². The molecule has 45 heavy (non-hydrogen) atoms. The van der Waals surface area contributed by atoms with Crippen LogP contribution in [0.4, 0.5) is 15.1 Å². The first-order valence-electron chi connectivity index (χ1n) is 15.1. The fourth-order valence-corrected chi connectivity index (χ4v) is 6.09. The van der Waals surface area contributed by atoms with Crippen LogP contribution in [0.5, 0.6) is 5.75 Å². The average Bonchev–Trinajstić information content (AvgIpc) is 3.71. The molecule has 0 aliphatic heterocycles. The summed E-state index contributed by atoms with van der Waals surface area (Å²) in [6.45, 7) is 4.16. The number of carbonyl (C=O) groups excluding carboxylic acids is 2. The van der Waals surface area contributed by atoms with E-state index in [9.17, 15) is 14.0 Å². The number of aromatic nitrogens is 3. The minimum absolute atomic E-state index is 0.0659. The van der Waals surface area contributed by atoms with E-state index in [0.717, 1.165) is 35.1 Å². The van der Waals surface area contributed by atoms with Crippen LogP contribution < -0.4 is 10.1 Å². The fraction of sp³-hybridized carbons (Fsp3) is 0.257. The normalized spacial score (nSPS) is 14.5. The maximum atomic E-state index is 14.1. The first kappa shape index (κ1) is 28.5. The summed E-state index contributed by atoms with van der Waals surface area (Å²) >= 11 is 0. The lowest BCUT2D eigenvalue weighted by Crippen LogP contribution is -2.47. The molecule has 0 radical (unpaired) electrons. The standard InChI is InChI=1S/C35H32FN5O4/c1-3-44-31-16-13-23(36)18-29(31)22-12-17-32-37-34(39-40(32)19-22)38-33(42)21(2)41(24-14-15-24)35(43)45-20-30-27-10-6-4-8-25(27)26-9-5-7-11-28(26)30/h4-13,16-19,21,24,30H,3,14-15,20H2,1-2H3,(H,38,39,42)/t21-/m0/s1. The number of fused-ring (bicyclic) bond motifs is 4. The van der Waals surface area contributed by atoms with Crippen molar-refractivity contribution < 1.29 is 23.5 Å². The lowest BCUT2D eigenvalue weighted by Gasteiger charge is -2.28. The van der Waals surface area contributed by atoms with Crippen molar-refractivity contribution in [3.63, 3.8) is 0 Å². The molecule has 1 saturated carbocycles. The van der Waals surface area contributed by atoms with Crippen LogP contribution in [0.1, 0.15) is 43.7 Å². The van der Waals surface area contributed by atoms with Crippen molar-refractivity contribution >= 4 is 23.6 Å². The first-order valence-corrected chi connectivity index (χ1v) is 15.1. The molecular weight excluding hydrogens is 573 g/mol. The van der Waals surface area contributed by atoms with Gasteiger partial charge in [0.1, 0.15) is 24.2 Å². The van der Waals surface area contributed by atoms with Gasteiger partial charge in [-0.25, -0.2) is 13.7 Å². The molecular formula is C35H32FN5O4. The third-order valence-electron chi connectivity index (χ3n) is 8.40. The molecule has 0 saturated heterocycles. The van der Waals surface area contributed by atoms with Crippen molar-refractivity contribution in [1.82, 2.24) is 19.5 Å². The molecule has 0 unspecified atom stereocenters. The van der Waals surface area contributed by atoms with E-state index >= 15 is 0 Å². The summed E-state index contributed by atoms with van der Waals surface area (Å²) in [5.41, 5.74) is 6.31. The molecule has 2 amide bonds. The molecule has 5 aromatic rings. The van der Waals surface area contributed by atoms with Gasteiger partial charge in [0.25, 0.3) is 0 Å². The second kappa shape index (κ2) is 11.7. The van der Waals surface area contributed by atoms with Crippen LogP contribution in [0.3, 0.4) is 0 Å². The Balaban J connectivity index is 1.05. The fourth-order valence-electron chi connectivity index (χ4n) is 6.09. The van der Waals surface area contributed by atoms with Crippen molar-refractivity contribution in [1.29, 1.82) is 0 Å². The number of amides is 2. The van der Waals surface area contributed by atoms with Crippen molar-refractivity contribution in [2.75, 3.05) is 18.5 Å². The number of anilines is 1. The Morgan fingerprint density at radius 1 is 1.00 bits per heavy atom. The van der Waals surface area contributed by atoms with Crippen LogP contribution in [0.15, 0.2) is 85.1 Å². The molecule has 0 bridgehead atoms. The average molecular weight is 606 g/mol. The van der Waals surface area contributed by atoms with Crippen LogP contribution in [0.25, 0.3) is 27.9 Å². The van der Waals surface area contributed by atoms with E-state index in [2.05, 4.69) is 39.7 Å². The number of hydrogen-bond donors (Lipinski definition) is 1. The zero-order chi connectivity index (χ0) is 31.1. The summed E-state index contributed by atoms with van der Waals surface area (Å²) in [5, 5.41) is 7.18. The van der Waals surface area contributed by atoms with Gasteiger partial charge in [-0.15, -0.1) is 5.10 Å². The number of rotatable bonds is 9. The van der Waals surface area contributed by atoms with E-state index in [1.54, 1.807) is 31.3 Å². The van der Waals surface area contributed by atoms with E-state index in [1.807, 2.05) is 31.2 Å². The van der Waals surface area contributed by atoms with Gasteiger partial charge in [0.05, 0.1) is 6.61 Å². The van der Waals surface area contributed by atoms with E-state index in [4.69, 9.17) is 9.47 Å². The van der Waals surface area contributed by atoms with Crippen LogP contribution in [-0.4, -0.2) is 56.8 Å². The molecule has 1 N–H and O–H groups in total. The molecule has 1 fully saturated rings. The molecule has 3 aromatic carbocycles. The van der Waals surface area contributed by atoms with Gasteiger partial charge in [-0.05, 0) is 79.3 Å². The van der Waals surface area contributed by atoms with Crippen molar-refractivity contribution in [2.45, 2.75) is 44.7 Å². The highest BCUT2D eigenvalue weighted by Crippen LogP contribution is 2.44. The molecule has 228 valence electrons. The smallest absolute Gasteiger partial charge is 0.410 e. The number of hydrogen-bond acceptors (Lipinski definition) is 6. The Kier molecular flexibility index (Phi) is 7.40. The molecule has 7 rings (SSSR count). The number of pyridine rings is 1. The zero-order valence-electron chi connectivity index (χ0n) is 24.9. The topological polar surface area (TPSA) is 98.1 Å². The highest BCUT2D eigenvalue weighted by molar-refractivity contribution is 5.95. The van der Waals surface area contributed by atoms with E-state index in [-0.39, 0.29) is 30.3 Å². The summed E-state index contributed by atoms with van der Waals surface area (Å²) in [5.74, 6) is -0.234. The molecule has 2 heterocycles. The Bertz CT molecular complexity index is 1870. The molecule has 0 spiro atoms. The quantitative estimate of drug-likeness (QED) is 0.201. The van der Waals surface area contributed by atoms with Gasteiger partial charge in [0.15, 0.2) is 5.65 Å². The summed E-state index contributed by atoms with van der Waals surface area (Å²) in [6.07, 6.45) is 2.79. The van der Waals surface area contributed by atoms with Gasteiger partial charge < -0.3 is 9.47 Å². The number of ether oxygens (including phenoxy) is 2. The van der Waals surface area contributed by atoms with Crippen molar-refractivity contribution in [3.05, 3.63) is 102 Å². The second-order valence-corrected chi connectivity index (χ2v) is 11.3. The van der Waals surface area contributed by atoms with Gasteiger partial charge in [-0.1, -0.05) is 48.5 Å². The maximum Gasteiger partial charge on any atom is 0.410 e. The number of benzene rings is 3. The highest BCUT2D eigenvalue weighted by atomic mass is 19.1. The van der Waals surface area contributed by atoms with Crippen LogP contribution in [0, 0.1) is 5.82 Å². The second-order valence-electron chi connectivity index (χ2n) is 11.3. The predicted molar refractivity (Wildman–Crippen MR) is 168 cm³/mol. The van der Waals surface area contributed by atoms with Gasteiger partial charge in [-0.2, -0.15) is 4.98 Å². The van der Waals surface area contributed by atoms with E-state index in [1.165, 1.54) is 21.5 Å². The summed E-state index contributed by atoms with van der Waals surface area (Å²) in [7, 11) is 0. The molecule has 2 aliphatic rings. The highest BCUT2D eigenvalue weighted by Gasteiger charge is 2.40. The van der Waals surface area contributed by atoms with E-state index in [0.29, 0.717) is 29.1 Å². The zero-order valence-corrected chi connectivity index (χ0v) is 24.9. The number of carbonyl (C=O) groups is 2. The molecule has 10 heteroatoms. The van der Waals surface area contributed by atoms with Gasteiger partial charge in [-0.3, -0.25) is 15.0 Å². The van der Waals surface area contributed by atoms with E-state index < -0.39 is 18.0 Å². The van der Waals surface area contributed by atoms with Gasteiger partial charge >= 0.3 is 6.09 Å². The Morgan fingerprint density at radius 3 is 2.40 bits per heavy atom. The lowest BCUT2D eigenvalue weighted by molar-refractivity contribution is -0.120. The lowest BCUT2D eigenvalue weighted by atomic mass is 9.98. The molecule has 2 aromatic heterocycles. The number of halogens is 1. The summed E-state index contributed by atoms with van der Waals surface area (Å²) in [6, 6.07) is 23.3. The summed E-state index contributed by atoms with van der Waals surface area (Å²) < 4.78 is 27.2. The minimum atomic E-state index is -0.809. The Morgan fingerprint density at radius 2 is 1.71 bits per heavy atom. The predicted octanol–water partition coefficient (Wildman–Crippen LogP) is 6.67. The van der Waals surface area contributed by atoms with Crippen LogP contribution in [0.2, 0.25) is 0 Å². The minimum Gasteiger partial charge on any atom is -0.493 e. The van der Waals surface area contributed by atoms with Crippen LogP contribution >= 0.6 is 0 Å². The Hall–Kier alpha value is -5.25. The molecule has 2 aliphatic carbocycles. The van der Waals surface area contributed by atoms with Crippen molar-refractivity contribution in [2.24, 2.45) is 0 Å². The largest absolute Gasteiger partial charge is 0.493 e.